The molecule has 0 saturated heterocycles. The van der Waals surface area contributed by atoms with E-state index in [-0.39, 0.29) is 12.3 Å². The van der Waals surface area contributed by atoms with Gasteiger partial charge in [-0.05, 0) is 24.5 Å². The summed E-state index contributed by atoms with van der Waals surface area (Å²) in [4.78, 5) is 11.3. The maximum Gasteiger partial charge on any atom is 0.176 e. The quantitative estimate of drug-likeness (QED) is 0.695. The van der Waals surface area contributed by atoms with E-state index in [0.29, 0.717) is 5.56 Å². The molecule has 1 saturated carbocycles. The van der Waals surface area contributed by atoms with Gasteiger partial charge in [0.1, 0.15) is 0 Å². The molecule has 0 bridgehead atoms. The number of nitrogens with two attached hydrogens (primary N) is 1. The first kappa shape index (κ1) is 9.37. The lowest BCUT2D eigenvalue weighted by atomic mass is 10.0. The molecule has 0 unspecified atom stereocenters. The zero-order chi connectivity index (χ0) is 10.2. The summed E-state index contributed by atoms with van der Waals surface area (Å²) < 4.78 is 0. The summed E-state index contributed by atoms with van der Waals surface area (Å²) in [6.45, 7) is 0.0158. The second-order valence-corrected chi connectivity index (χ2v) is 3.74. The van der Waals surface area contributed by atoms with Crippen LogP contribution in [0.1, 0.15) is 28.8 Å². The Morgan fingerprint density at radius 1 is 1.50 bits per heavy atom. The zero-order valence-electron chi connectivity index (χ0n) is 7.86. The smallest absolute Gasteiger partial charge is 0.176 e. The zero-order valence-corrected chi connectivity index (χ0v) is 7.86. The Balaban J connectivity index is 2.32. The van der Waals surface area contributed by atoms with Gasteiger partial charge in [-0.25, -0.2) is 0 Å². The lowest BCUT2D eigenvalue weighted by molar-refractivity contribution is 0.100. The van der Waals surface area contributed by atoms with Crippen LogP contribution in [0.15, 0.2) is 24.3 Å². The molecule has 0 heterocycles. The van der Waals surface area contributed by atoms with E-state index in [1.54, 1.807) is 18.2 Å². The molecule has 1 fully saturated rings. The molecule has 14 heavy (non-hydrogen) atoms. The Hall–Kier alpha value is -1.19. The molecule has 0 radical (unpaired) electrons. The third-order valence-electron chi connectivity index (χ3n) is 2.63. The van der Waals surface area contributed by atoms with Crippen molar-refractivity contribution in [1.29, 1.82) is 0 Å². The van der Waals surface area contributed by atoms with Gasteiger partial charge in [0.05, 0.1) is 12.1 Å². The number of Topliss-reactive ketones (excluding diaryl/α,β-unsaturated/α-hetero) is 1. The Bertz CT molecular complexity index is 369. The number of hydrogen-bond donors (Lipinski definition) is 2. The fraction of sp³-hybridized carbons (Fsp3) is 0.364. The second-order valence-electron chi connectivity index (χ2n) is 3.74. The molecule has 3 nitrogen and oxygen atoms in total. The van der Waals surface area contributed by atoms with Crippen LogP contribution in [-0.2, 0) is 5.60 Å². The average Bonchev–Trinajstić information content (AvgIpc) is 2.97. The standard InChI is InChI=1S/C11H13NO2/c12-7-10(13)8-2-1-3-9(6-8)11(14)4-5-11/h1-3,6,14H,4-5,7,12H2. The van der Waals surface area contributed by atoms with E-state index in [1.165, 1.54) is 0 Å². The summed E-state index contributed by atoms with van der Waals surface area (Å²) in [5.74, 6) is -0.0869. The third kappa shape index (κ3) is 1.56. The number of benzene rings is 1. The largest absolute Gasteiger partial charge is 0.385 e. The van der Waals surface area contributed by atoms with Gasteiger partial charge in [0.2, 0.25) is 0 Å². The van der Waals surface area contributed by atoms with E-state index < -0.39 is 5.60 Å². The highest BCUT2D eigenvalue weighted by atomic mass is 16.3. The summed E-state index contributed by atoms with van der Waals surface area (Å²) in [6, 6.07) is 7.10. The normalized spacial score (nSPS) is 17.9. The van der Waals surface area contributed by atoms with Crippen LogP contribution in [0, 0.1) is 0 Å². The summed E-state index contributed by atoms with van der Waals surface area (Å²) in [6.07, 6.45) is 1.57. The summed E-state index contributed by atoms with van der Waals surface area (Å²) in [7, 11) is 0. The molecule has 74 valence electrons. The minimum Gasteiger partial charge on any atom is -0.385 e. The molecule has 1 aliphatic carbocycles. The van der Waals surface area contributed by atoms with E-state index in [2.05, 4.69) is 0 Å². The summed E-state index contributed by atoms with van der Waals surface area (Å²) in [5, 5.41) is 9.84. The molecule has 0 aromatic heterocycles. The van der Waals surface area contributed by atoms with Gasteiger partial charge in [-0.15, -0.1) is 0 Å². The van der Waals surface area contributed by atoms with Crippen molar-refractivity contribution in [1.82, 2.24) is 0 Å². The highest BCUT2D eigenvalue weighted by Gasteiger charge is 2.42. The number of rotatable bonds is 3. The van der Waals surface area contributed by atoms with Gasteiger partial charge in [-0.3, -0.25) is 4.79 Å². The van der Waals surface area contributed by atoms with Crippen molar-refractivity contribution < 1.29 is 9.90 Å². The van der Waals surface area contributed by atoms with E-state index >= 15 is 0 Å². The van der Waals surface area contributed by atoms with Crippen molar-refractivity contribution in [3.8, 4) is 0 Å². The Labute approximate surface area is 82.5 Å². The average molecular weight is 191 g/mol. The molecule has 3 N–H and O–H groups in total. The van der Waals surface area contributed by atoms with Crippen LogP contribution in [-0.4, -0.2) is 17.4 Å². The minimum atomic E-state index is -0.676. The van der Waals surface area contributed by atoms with Crippen LogP contribution in [0.4, 0.5) is 0 Å². The van der Waals surface area contributed by atoms with Crippen LogP contribution in [0.5, 0.6) is 0 Å². The molecule has 3 heteroatoms. The maximum absolute atomic E-state index is 11.3. The predicted octanol–water partition coefficient (Wildman–Crippen LogP) is 0.809. The highest BCUT2D eigenvalue weighted by Crippen LogP contribution is 2.45. The minimum absolute atomic E-state index is 0.0158. The van der Waals surface area contributed by atoms with Gasteiger partial charge in [0.25, 0.3) is 0 Å². The van der Waals surface area contributed by atoms with Crippen LogP contribution < -0.4 is 5.73 Å². The number of carbonyl (C=O) groups is 1. The molecule has 0 aliphatic heterocycles. The molecule has 2 rings (SSSR count). The fourth-order valence-corrected chi connectivity index (χ4v) is 1.51. The third-order valence-corrected chi connectivity index (χ3v) is 2.63. The van der Waals surface area contributed by atoms with E-state index in [1.807, 2.05) is 6.07 Å². The molecule has 0 amide bonds. The predicted molar refractivity (Wildman–Crippen MR) is 53.0 cm³/mol. The van der Waals surface area contributed by atoms with E-state index in [0.717, 1.165) is 18.4 Å². The SMILES string of the molecule is NCC(=O)c1cccc(C2(O)CC2)c1. The highest BCUT2D eigenvalue weighted by molar-refractivity contribution is 5.97. The van der Waals surface area contributed by atoms with E-state index in [4.69, 9.17) is 5.73 Å². The van der Waals surface area contributed by atoms with Gasteiger partial charge >= 0.3 is 0 Å². The van der Waals surface area contributed by atoms with Crippen LogP contribution in [0.3, 0.4) is 0 Å². The second kappa shape index (κ2) is 3.19. The fourth-order valence-electron chi connectivity index (χ4n) is 1.51. The van der Waals surface area contributed by atoms with Crippen molar-refractivity contribution in [3.63, 3.8) is 0 Å². The van der Waals surface area contributed by atoms with Crippen LogP contribution >= 0.6 is 0 Å². The molecular weight excluding hydrogens is 178 g/mol. The monoisotopic (exact) mass is 191 g/mol. The van der Waals surface area contributed by atoms with Crippen molar-refractivity contribution in [2.24, 2.45) is 5.73 Å². The van der Waals surface area contributed by atoms with E-state index in [9.17, 15) is 9.90 Å². The topological polar surface area (TPSA) is 63.3 Å². The lowest BCUT2D eigenvalue weighted by Crippen LogP contribution is -2.14. The Morgan fingerprint density at radius 3 is 2.79 bits per heavy atom. The molecule has 1 aromatic carbocycles. The van der Waals surface area contributed by atoms with Crippen LogP contribution in [0.2, 0.25) is 0 Å². The number of hydrogen-bond acceptors (Lipinski definition) is 3. The molecular formula is C11H13NO2. The number of ketones is 1. The first-order valence-corrected chi connectivity index (χ1v) is 4.72. The van der Waals surface area contributed by atoms with Crippen molar-refractivity contribution in [2.75, 3.05) is 6.54 Å². The van der Waals surface area contributed by atoms with Gasteiger partial charge in [-0.2, -0.15) is 0 Å². The van der Waals surface area contributed by atoms with Crippen molar-refractivity contribution in [3.05, 3.63) is 35.4 Å². The Morgan fingerprint density at radius 2 is 2.21 bits per heavy atom. The van der Waals surface area contributed by atoms with Crippen LogP contribution in [0.25, 0.3) is 0 Å². The van der Waals surface area contributed by atoms with Gasteiger partial charge < -0.3 is 10.8 Å². The lowest BCUT2D eigenvalue weighted by Gasteiger charge is -2.08. The first-order valence-electron chi connectivity index (χ1n) is 4.72. The Kier molecular flexibility index (Phi) is 2.13. The molecule has 1 aromatic rings. The van der Waals surface area contributed by atoms with Gasteiger partial charge in [0.15, 0.2) is 5.78 Å². The summed E-state index contributed by atoms with van der Waals surface area (Å²) >= 11 is 0. The van der Waals surface area contributed by atoms with Crippen molar-refractivity contribution >= 4 is 5.78 Å². The molecule has 1 aliphatic rings. The molecule has 0 atom stereocenters. The van der Waals surface area contributed by atoms with Gasteiger partial charge in [0, 0.05) is 5.56 Å². The van der Waals surface area contributed by atoms with Gasteiger partial charge in [-0.1, -0.05) is 18.2 Å². The number of aliphatic hydroxyl groups is 1. The summed E-state index contributed by atoms with van der Waals surface area (Å²) in [5.41, 5.74) is 6.01. The van der Waals surface area contributed by atoms with Crippen molar-refractivity contribution in [2.45, 2.75) is 18.4 Å². The number of carbonyl (C=O) groups excluding carboxylic acids is 1. The first-order chi connectivity index (χ1) is 6.65. The maximum atomic E-state index is 11.3. The molecule has 0 spiro atoms.